The third-order valence-electron chi connectivity index (χ3n) is 4.71. The molecule has 1 aliphatic rings. The third-order valence-corrected chi connectivity index (χ3v) is 4.71. The van der Waals surface area contributed by atoms with Gasteiger partial charge < -0.3 is 10.6 Å². The van der Waals surface area contributed by atoms with Crippen LogP contribution in [0.4, 0.5) is 5.69 Å². The van der Waals surface area contributed by atoms with Crippen LogP contribution in [0.3, 0.4) is 0 Å². The van der Waals surface area contributed by atoms with Crippen LogP contribution in [0, 0.1) is 0 Å². The molecule has 146 valence electrons. The topological polar surface area (TPSA) is 78.5 Å². The van der Waals surface area contributed by atoms with Crippen molar-refractivity contribution in [3.05, 3.63) is 65.2 Å². The molecule has 0 spiro atoms. The number of benzene rings is 2. The number of fused-ring (bicyclic) bond motifs is 1. The number of imide groups is 1. The molecule has 0 aliphatic carbocycles. The molecule has 2 aromatic rings. The average Bonchev–Trinajstić information content (AvgIpc) is 2.96. The molecule has 6 nitrogen and oxygen atoms in total. The molecule has 0 saturated heterocycles. The molecule has 0 aromatic heterocycles. The summed E-state index contributed by atoms with van der Waals surface area (Å²) in [4.78, 5) is 38.5. The van der Waals surface area contributed by atoms with E-state index in [1.165, 1.54) is 11.0 Å². The molecule has 3 amide bonds. The van der Waals surface area contributed by atoms with E-state index in [4.69, 9.17) is 0 Å². The van der Waals surface area contributed by atoms with Crippen LogP contribution in [0.2, 0.25) is 0 Å². The van der Waals surface area contributed by atoms with Gasteiger partial charge in [0, 0.05) is 30.9 Å². The van der Waals surface area contributed by atoms with E-state index in [0.717, 1.165) is 31.5 Å². The molecule has 3 rings (SSSR count). The largest absolute Gasteiger partial charge is 0.385 e. The number of amides is 3. The van der Waals surface area contributed by atoms with Crippen molar-refractivity contribution in [1.82, 2.24) is 10.2 Å². The number of nitrogens with zero attached hydrogens (tertiary/aromatic N) is 1. The van der Waals surface area contributed by atoms with Gasteiger partial charge in [-0.2, -0.15) is 0 Å². The van der Waals surface area contributed by atoms with E-state index in [9.17, 15) is 14.4 Å². The van der Waals surface area contributed by atoms with E-state index in [1.807, 2.05) is 37.3 Å². The fraction of sp³-hybridized carbons (Fsp3) is 0.318. The quantitative estimate of drug-likeness (QED) is 0.518. The lowest BCUT2D eigenvalue weighted by atomic mass is 10.1. The molecule has 0 atom stereocenters. The highest BCUT2D eigenvalue weighted by Crippen LogP contribution is 2.24. The molecule has 1 aliphatic heterocycles. The fourth-order valence-electron chi connectivity index (χ4n) is 3.13. The summed E-state index contributed by atoms with van der Waals surface area (Å²) in [7, 11) is 0. The molecular formula is C22H25N3O3. The second kappa shape index (κ2) is 9.17. The van der Waals surface area contributed by atoms with E-state index in [0.29, 0.717) is 29.8 Å². The average molecular weight is 379 g/mol. The first-order valence-corrected chi connectivity index (χ1v) is 9.69. The lowest BCUT2D eigenvalue weighted by Crippen LogP contribution is -2.30. The first-order chi connectivity index (χ1) is 13.6. The number of hydrogen-bond donors (Lipinski definition) is 2. The van der Waals surface area contributed by atoms with Gasteiger partial charge in [-0.25, -0.2) is 0 Å². The summed E-state index contributed by atoms with van der Waals surface area (Å²) in [6, 6.07) is 14.6. The van der Waals surface area contributed by atoms with Crippen LogP contribution in [-0.2, 0) is 0 Å². The van der Waals surface area contributed by atoms with Gasteiger partial charge in [-0.15, -0.1) is 0 Å². The predicted octanol–water partition coefficient (Wildman–Crippen LogP) is 3.31. The molecule has 0 unspecified atom stereocenters. The number of carbonyl (C=O) groups excluding carboxylic acids is 3. The van der Waals surface area contributed by atoms with Crippen molar-refractivity contribution >= 4 is 23.4 Å². The maximum Gasteiger partial charge on any atom is 0.261 e. The van der Waals surface area contributed by atoms with Gasteiger partial charge in [0.15, 0.2) is 0 Å². The summed E-state index contributed by atoms with van der Waals surface area (Å²) in [5.41, 5.74) is 2.14. The summed E-state index contributed by atoms with van der Waals surface area (Å²) in [5.74, 6) is -0.822. The minimum Gasteiger partial charge on any atom is -0.385 e. The molecule has 2 aromatic carbocycles. The zero-order valence-corrected chi connectivity index (χ0v) is 16.0. The summed E-state index contributed by atoms with van der Waals surface area (Å²) >= 11 is 0. The lowest BCUT2D eigenvalue weighted by Gasteiger charge is -2.12. The molecular weight excluding hydrogens is 354 g/mol. The van der Waals surface area contributed by atoms with Gasteiger partial charge >= 0.3 is 0 Å². The van der Waals surface area contributed by atoms with E-state index in [2.05, 4.69) is 10.6 Å². The van der Waals surface area contributed by atoms with Gasteiger partial charge in [-0.3, -0.25) is 19.3 Å². The van der Waals surface area contributed by atoms with Crippen molar-refractivity contribution in [2.45, 2.75) is 26.2 Å². The Balaban J connectivity index is 1.52. The molecule has 6 heteroatoms. The van der Waals surface area contributed by atoms with Gasteiger partial charge in [0.25, 0.3) is 17.7 Å². The number of carbonyl (C=O) groups is 3. The number of para-hydroxylation sites is 1. The summed E-state index contributed by atoms with van der Waals surface area (Å²) in [6.07, 6.45) is 2.45. The normalized spacial score (nSPS) is 12.8. The van der Waals surface area contributed by atoms with Crippen molar-refractivity contribution in [3.8, 4) is 0 Å². The van der Waals surface area contributed by atoms with Crippen LogP contribution in [0.5, 0.6) is 0 Å². The third kappa shape index (κ3) is 4.39. The maximum absolute atomic E-state index is 12.5. The highest BCUT2D eigenvalue weighted by molar-refractivity contribution is 6.22. The van der Waals surface area contributed by atoms with Gasteiger partial charge in [-0.1, -0.05) is 31.5 Å². The van der Waals surface area contributed by atoms with Crippen molar-refractivity contribution in [2.24, 2.45) is 0 Å². The Morgan fingerprint density at radius 1 is 0.929 bits per heavy atom. The van der Waals surface area contributed by atoms with Crippen LogP contribution in [0.1, 0.15) is 57.3 Å². The first kappa shape index (κ1) is 19.6. The van der Waals surface area contributed by atoms with Gasteiger partial charge in [-0.05, 0) is 43.2 Å². The van der Waals surface area contributed by atoms with Crippen LogP contribution in [0.25, 0.3) is 0 Å². The van der Waals surface area contributed by atoms with E-state index < -0.39 is 0 Å². The van der Waals surface area contributed by atoms with Crippen molar-refractivity contribution in [2.75, 3.05) is 25.0 Å². The van der Waals surface area contributed by atoms with E-state index in [1.54, 1.807) is 12.1 Å². The molecule has 0 radical (unpaired) electrons. The van der Waals surface area contributed by atoms with Crippen LogP contribution in [0.15, 0.2) is 48.5 Å². The Hall–Kier alpha value is -3.15. The molecule has 0 bridgehead atoms. The SMILES string of the molecule is CCCCN1C(=O)c2ccc(C(=O)NCCCNc3ccccc3)cc2C1=O. The Morgan fingerprint density at radius 2 is 1.68 bits per heavy atom. The Bertz CT molecular complexity index is 865. The minimum absolute atomic E-state index is 0.241. The Morgan fingerprint density at radius 3 is 2.43 bits per heavy atom. The molecule has 28 heavy (non-hydrogen) atoms. The summed E-state index contributed by atoms with van der Waals surface area (Å²) < 4.78 is 0. The summed E-state index contributed by atoms with van der Waals surface area (Å²) in [6.45, 7) is 3.69. The number of rotatable bonds is 9. The standard InChI is InChI=1S/C22H25N3O3/c1-2-3-14-25-21(27)18-11-10-16(15-19(18)22(25)28)20(26)24-13-7-12-23-17-8-5-4-6-9-17/h4-6,8-11,15,23H,2-3,7,12-14H2,1H3,(H,24,26). The van der Waals surface area contributed by atoms with Gasteiger partial charge in [0.05, 0.1) is 11.1 Å². The van der Waals surface area contributed by atoms with Gasteiger partial charge in [0.1, 0.15) is 0 Å². The van der Waals surface area contributed by atoms with E-state index in [-0.39, 0.29) is 17.7 Å². The zero-order valence-electron chi connectivity index (χ0n) is 16.0. The minimum atomic E-state index is -0.310. The maximum atomic E-state index is 12.5. The molecule has 0 fully saturated rings. The first-order valence-electron chi connectivity index (χ1n) is 9.69. The smallest absolute Gasteiger partial charge is 0.261 e. The predicted molar refractivity (Wildman–Crippen MR) is 109 cm³/mol. The number of unbranched alkanes of at least 4 members (excludes halogenated alkanes) is 1. The highest BCUT2D eigenvalue weighted by atomic mass is 16.2. The Labute approximate surface area is 164 Å². The molecule has 0 saturated carbocycles. The van der Waals surface area contributed by atoms with Gasteiger partial charge in [0.2, 0.25) is 0 Å². The highest BCUT2D eigenvalue weighted by Gasteiger charge is 2.35. The second-order valence-corrected chi connectivity index (χ2v) is 6.78. The van der Waals surface area contributed by atoms with Crippen molar-refractivity contribution in [1.29, 1.82) is 0 Å². The molecule has 1 heterocycles. The monoisotopic (exact) mass is 379 g/mol. The Kier molecular flexibility index (Phi) is 6.42. The van der Waals surface area contributed by atoms with Crippen LogP contribution < -0.4 is 10.6 Å². The van der Waals surface area contributed by atoms with E-state index >= 15 is 0 Å². The van der Waals surface area contributed by atoms with Crippen LogP contribution in [-0.4, -0.2) is 42.3 Å². The fourth-order valence-corrected chi connectivity index (χ4v) is 3.13. The van der Waals surface area contributed by atoms with Crippen LogP contribution >= 0.6 is 0 Å². The van der Waals surface area contributed by atoms with Crippen molar-refractivity contribution < 1.29 is 14.4 Å². The zero-order chi connectivity index (χ0) is 19.9. The number of anilines is 1. The van der Waals surface area contributed by atoms with Crippen molar-refractivity contribution in [3.63, 3.8) is 0 Å². The lowest BCUT2D eigenvalue weighted by molar-refractivity contribution is 0.0652. The second-order valence-electron chi connectivity index (χ2n) is 6.78. The number of hydrogen-bond acceptors (Lipinski definition) is 4. The summed E-state index contributed by atoms with van der Waals surface area (Å²) in [5, 5.41) is 6.14. The molecule has 2 N–H and O–H groups in total. The number of nitrogens with one attached hydrogen (secondary N) is 2.